The second-order valence-electron chi connectivity index (χ2n) is 7.28. The zero-order valence-electron chi connectivity index (χ0n) is 15.1. The first kappa shape index (κ1) is 16.8. The van der Waals surface area contributed by atoms with Crippen LogP contribution >= 0.6 is 11.3 Å². The second kappa shape index (κ2) is 5.42. The van der Waals surface area contributed by atoms with Crippen molar-refractivity contribution in [3.05, 3.63) is 72.5 Å². The average Bonchev–Trinajstić information content (AvgIpc) is 3.13. The summed E-state index contributed by atoms with van der Waals surface area (Å²) in [4.78, 5) is 27.6. The van der Waals surface area contributed by atoms with Crippen LogP contribution in [-0.4, -0.2) is 12.2 Å². The second-order valence-corrected chi connectivity index (χ2v) is 8.56. The van der Waals surface area contributed by atoms with Crippen LogP contribution in [0.3, 0.4) is 0 Å². The summed E-state index contributed by atoms with van der Waals surface area (Å²) < 4.78 is 0. The van der Waals surface area contributed by atoms with E-state index in [9.17, 15) is 14.7 Å². The SMILES string of the molecule is Cc1ccc(-c2ccc3c(c2)C(C)(C)/C(=C\c2c(O)c(=O)c2=O)N3C)s1. The molecule has 0 atom stereocenters. The number of hydrogen-bond acceptors (Lipinski definition) is 5. The fraction of sp³-hybridized carbons (Fsp3) is 0.238. The molecule has 1 aliphatic heterocycles. The van der Waals surface area contributed by atoms with Crippen molar-refractivity contribution in [2.45, 2.75) is 26.2 Å². The molecule has 4 rings (SSSR count). The van der Waals surface area contributed by atoms with Gasteiger partial charge < -0.3 is 10.0 Å². The van der Waals surface area contributed by atoms with Gasteiger partial charge in [-0.1, -0.05) is 19.9 Å². The normalized spacial score (nSPS) is 17.2. The highest BCUT2D eigenvalue weighted by Crippen LogP contribution is 2.49. The van der Waals surface area contributed by atoms with Crippen LogP contribution in [0.1, 0.15) is 29.9 Å². The zero-order valence-corrected chi connectivity index (χ0v) is 15.9. The number of hydrogen-bond donors (Lipinski definition) is 1. The van der Waals surface area contributed by atoms with Crippen LogP contribution in [0.5, 0.6) is 5.75 Å². The molecule has 0 saturated heterocycles. The summed E-state index contributed by atoms with van der Waals surface area (Å²) in [6, 6.07) is 10.6. The number of allylic oxidation sites excluding steroid dienone is 1. The largest absolute Gasteiger partial charge is 0.504 e. The van der Waals surface area contributed by atoms with Crippen molar-refractivity contribution in [1.82, 2.24) is 0 Å². The summed E-state index contributed by atoms with van der Waals surface area (Å²) >= 11 is 1.76. The summed E-state index contributed by atoms with van der Waals surface area (Å²) in [6.45, 7) is 6.28. The Balaban J connectivity index is 1.84. The molecule has 0 bridgehead atoms. The van der Waals surface area contributed by atoms with Gasteiger partial charge in [-0.2, -0.15) is 0 Å². The van der Waals surface area contributed by atoms with Crippen molar-refractivity contribution in [1.29, 1.82) is 0 Å². The molecule has 4 nitrogen and oxygen atoms in total. The van der Waals surface area contributed by atoms with Crippen LogP contribution in [-0.2, 0) is 5.41 Å². The van der Waals surface area contributed by atoms with E-state index in [0.29, 0.717) is 0 Å². The summed E-state index contributed by atoms with van der Waals surface area (Å²) in [5.41, 5.74) is 2.61. The maximum absolute atomic E-state index is 11.8. The smallest absolute Gasteiger partial charge is 0.268 e. The van der Waals surface area contributed by atoms with Gasteiger partial charge in [0, 0.05) is 33.6 Å². The van der Waals surface area contributed by atoms with Crippen molar-refractivity contribution >= 4 is 23.1 Å². The molecule has 132 valence electrons. The van der Waals surface area contributed by atoms with E-state index in [0.717, 1.165) is 16.9 Å². The predicted molar refractivity (Wildman–Crippen MR) is 107 cm³/mol. The van der Waals surface area contributed by atoms with Gasteiger partial charge in [-0.3, -0.25) is 9.59 Å². The number of thiophene rings is 1. The third-order valence-corrected chi connectivity index (χ3v) is 6.31. The van der Waals surface area contributed by atoms with Gasteiger partial charge in [0.1, 0.15) is 0 Å². The Kier molecular flexibility index (Phi) is 3.50. The van der Waals surface area contributed by atoms with Crippen LogP contribution in [0.25, 0.3) is 16.5 Å². The molecule has 1 aromatic heterocycles. The Bertz CT molecular complexity index is 1140. The van der Waals surface area contributed by atoms with Crippen molar-refractivity contribution in [2.75, 3.05) is 11.9 Å². The molecule has 2 aromatic carbocycles. The molecule has 0 saturated carbocycles. The molecule has 0 unspecified atom stereocenters. The topological polar surface area (TPSA) is 57.6 Å². The average molecular weight is 365 g/mol. The lowest BCUT2D eigenvalue weighted by molar-refractivity contribution is 0.461. The Morgan fingerprint density at radius 2 is 1.85 bits per heavy atom. The molecule has 26 heavy (non-hydrogen) atoms. The van der Waals surface area contributed by atoms with Crippen LogP contribution in [0.15, 0.2) is 45.6 Å². The van der Waals surface area contributed by atoms with Gasteiger partial charge in [0.15, 0.2) is 5.75 Å². The molecule has 3 aromatic rings. The lowest BCUT2D eigenvalue weighted by Crippen LogP contribution is -2.33. The van der Waals surface area contributed by atoms with Gasteiger partial charge in [0.05, 0.1) is 5.56 Å². The number of nitrogens with zero attached hydrogens (tertiary/aromatic N) is 1. The highest BCUT2D eigenvalue weighted by Gasteiger charge is 2.39. The lowest BCUT2D eigenvalue weighted by Gasteiger charge is -2.24. The minimum atomic E-state index is -0.803. The monoisotopic (exact) mass is 365 g/mol. The Labute approximate surface area is 155 Å². The third-order valence-electron chi connectivity index (χ3n) is 5.26. The molecule has 0 radical (unpaired) electrons. The first-order chi connectivity index (χ1) is 12.2. The van der Waals surface area contributed by atoms with E-state index in [4.69, 9.17) is 0 Å². The number of anilines is 1. The van der Waals surface area contributed by atoms with Crippen LogP contribution in [0.4, 0.5) is 5.69 Å². The minimum Gasteiger partial charge on any atom is -0.504 e. The quantitative estimate of drug-likeness (QED) is 0.702. The molecular formula is C21H19NO3S. The minimum absolute atomic E-state index is 0.104. The van der Waals surface area contributed by atoms with Gasteiger partial charge in [0.25, 0.3) is 5.43 Å². The van der Waals surface area contributed by atoms with Crippen LogP contribution < -0.4 is 15.8 Å². The van der Waals surface area contributed by atoms with Gasteiger partial charge in [-0.25, -0.2) is 0 Å². The molecule has 0 spiro atoms. The van der Waals surface area contributed by atoms with Crippen molar-refractivity contribution < 1.29 is 5.11 Å². The highest BCUT2D eigenvalue weighted by atomic mass is 32.1. The van der Waals surface area contributed by atoms with E-state index in [1.165, 1.54) is 15.3 Å². The first-order valence-corrected chi connectivity index (χ1v) is 9.23. The van der Waals surface area contributed by atoms with E-state index in [1.807, 2.05) is 11.9 Å². The number of rotatable bonds is 2. The van der Waals surface area contributed by atoms with Gasteiger partial charge in [-0.05, 0) is 48.4 Å². The number of aryl methyl sites for hydroxylation is 1. The van der Waals surface area contributed by atoms with Gasteiger partial charge >= 0.3 is 0 Å². The van der Waals surface area contributed by atoms with Gasteiger partial charge in [-0.15, -0.1) is 11.3 Å². The maximum Gasteiger partial charge on any atom is 0.268 e. The molecule has 0 amide bonds. The van der Waals surface area contributed by atoms with E-state index < -0.39 is 16.6 Å². The molecule has 0 aliphatic carbocycles. The number of fused-ring (bicyclic) bond motifs is 1. The molecule has 1 aliphatic rings. The fourth-order valence-corrected chi connectivity index (χ4v) is 4.57. The molecule has 0 fully saturated rings. The summed E-state index contributed by atoms with van der Waals surface area (Å²) in [5, 5.41) is 9.72. The fourth-order valence-electron chi connectivity index (χ4n) is 3.70. The maximum atomic E-state index is 11.8. The number of benzene rings is 1. The van der Waals surface area contributed by atoms with E-state index in [1.54, 1.807) is 17.4 Å². The standard InChI is InChI=1S/C21H19NO3S/c1-11-5-8-16(26-11)12-6-7-15-14(9-12)21(2,3)17(22(15)4)10-13-18(23)20(25)19(13)24/h5-10,23H,1-4H3/b17-10+. The van der Waals surface area contributed by atoms with Crippen molar-refractivity contribution in [2.24, 2.45) is 0 Å². The lowest BCUT2D eigenvalue weighted by atomic mass is 9.82. The summed E-state index contributed by atoms with van der Waals surface area (Å²) in [7, 11) is 1.94. The number of aromatic hydroxyl groups is 1. The molecule has 5 heteroatoms. The van der Waals surface area contributed by atoms with E-state index >= 15 is 0 Å². The zero-order chi connectivity index (χ0) is 18.8. The van der Waals surface area contributed by atoms with E-state index in [-0.39, 0.29) is 11.0 Å². The highest BCUT2D eigenvalue weighted by molar-refractivity contribution is 7.15. The third kappa shape index (κ3) is 2.20. The Hall–Kier alpha value is -2.66. The Morgan fingerprint density at radius 1 is 1.12 bits per heavy atom. The van der Waals surface area contributed by atoms with Crippen LogP contribution in [0.2, 0.25) is 0 Å². The molecule has 2 heterocycles. The van der Waals surface area contributed by atoms with Gasteiger partial charge in [0.2, 0.25) is 5.43 Å². The number of likely N-dealkylation sites (N-methyl/N-ethyl adjacent to an activating group) is 1. The Morgan fingerprint density at radius 3 is 2.46 bits per heavy atom. The summed E-state index contributed by atoms with van der Waals surface area (Å²) in [5.74, 6) is -0.433. The summed E-state index contributed by atoms with van der Waals surface area (Å²) in [6.07, 6.45) is 1.65. The van der Waals surface area contributed by atoms with Crippen molar-refractivity contribution in [3.63, 3.8) is 0 Å². The van der Waals surface area contributed by atoms with Crippen molar-refractivity contribution in [3.8, 4) is 16.2 Å². The predicted octanol–water partition coefficient (Wildman–Crippen LogP) is 3.79. The van der Waals surface area contributed by atoms with Crippen LogP contribution in [0, 0.1) is 6.92 Å². The first-order valence-electron chi connectivity index (χ1n) is 8.41. The molecule has 1 N–H and O–H groups in total. The van der Waals surface area contributed by atoms with E-state index in [2.05, 4.69) is 51.1 Å². The molecular weight excluding hydrogens is 346 g/mol.